The second kappa shape index (κ2) is 11.0. The van der Waals surface area contributed by atoms with E-state index in [1.54, 1.807) is 4.84 Å². The van der Waals surface area contributed by atoms with Crippen molar-refractivity contribution in [2.45, 2.75) is 62.5 Å². The maximum absolute atomic E-state index is 12.1. The number of rotatable bonds is 7. The minimum atomic E-state index is -2.46. The van der Waals surface area contributed by atoms with Gasteiger partial charge in [0.25, 0.3) is 5.91 Å². The van der Waals surface area contributed by atoms with Crippen LogP contribution in [0.5, 0.6) is 0 Å². The van der Waals surface area contributed by atoms with Gasteiger partial charge in [0.1, 0.15) is 18.8 Å². The minimum Gasteiger partial charge on any atom is -0.463 e. The van der Waals surface area contributed by atoms with Gasteiger partial charge in [0.2, 0.25) is 4.33 Å². The van der Waals surface area contributed by atoms with Crippen LogP contribution in [0.15, 0.2) is 0 Å². The van der Waals surface area contributed by atoms with Crippen LogP contribution < -0.4 is 4.84 Å². The summed E-state index contributed by atoms with van der Waals surface area (Å²) in [4.78, 5) is 60.1. The fraction of sp³-hybridized carbons (Fsp3) is 0.688. The Hall–Kier alpha value is -1.82. The third-order valence-electron chi connectivity index (χ3n) is 3.74. The Labute approximate surface area is 186 Å². The summed E-state index contributed by atoms with van der Waals surface area (Å²) in [6.45, 7) is 3.75. The highest BCUT2D eigenvalue weighted by atomic mass is 35.5. The van der Waals surface area contributed by atoms with Gasteiger partial charge in [0, 0.05) is 39.5 Å². The van der Waals surface area contributed by atoms with Crippen LogP contribution in [0.2, 0.25) is 0 Å². The van der Waals surface area contributed by atoms with E-state index in [0.717, 1.165) is 27.7 Å². The lowest BCUT2D eigenvalue weighted by Crippen LogP contribution is -2.67. The molecule has 1 fully saturated rings. The van der Waals surface area contributed by atoms with Crippen LogP contribution >= 0.6 is 35.0 Å². The Kier molecular flexibility index (Phi) is 9.60. The molecule has 170 valence electrons. The average molecular weight is 493 g/mol. The lowest BCUT2D eigenvalue weighted by atomic mass is 9.92. The van der Waals surface area contributed by atoms with E-state index in [4.69, 9.17) is 58.7 Å². The Morgan fingerprint density at radius 1 is 0.833 bits per heavy atom. The average Bonchev–Trinajstić information content (AvgIpc) is 2.61. The monoisotopic (exact) mass is 491 g/mol. The number of hydrogen-bond acceptors (Lipinski definition) is 10. The lowest BCUT2D eigenvalue weighted by Gasteiger charge is -2.46. The van der Waals surface area contributed by atoms with Gasteiger partial charge in [-0.2, -0.15) is 0 Å². The molecule has 1 heterocycles. The molecule has 1 aliphatic rings. The van der Waals surface area contributed by atoms with E-state index in [0.29, 0.717) is 0 Å². The summed E-state index contributed by atoms with van der Waals surface area (Å²) in [6.07, 6.45) is -7.52. The molecule has 1 N–H and O–H groups in total. The van der Waals surface area contributed by atoms with Crippen molar-refractivity contribution in [2.24, 2.45) is 0 Å². The zero-order chi connectivity index (χ0) is 23.2. The maximum Gasteiger partial charge on any atom is 0.303 e. The molecule has 1 unspecified atom stereocenters. The smallest absolute Gasteiger partial charge is 0.303 e. The van der Waals surface area contributed by atoms with E-state index >= 15 is 0 Å². The third-order valence-corrected chi connectivity index (χ3v) is 4.68. The van der Waals surface area contributed by atoms with Crippen molar-refractivity contribution in [3.63, 3.8) is 0 Å². The molecule has 0 aromatic heterocycles. The highest BCUT2D eigenvalue weighted by Gasteiger charge is 2.60. The standard InChI is InChI=1S/C16H20Cl3NO10/c1-6(21)26-5-10-11(27-7(2)22)12(28-8(3)23)13(29-9(4)24)14(30-10)16(17,18)15(25)20-19/h10-14H,5H2,1-4H3,(H,20,25)/t10-,11+,12+,13-,14?/m1/s1. The number of halogens is 3. The molecule has 1 aliphatic heterocycles. The highest BCUT2D eigenvalue weighted by Crippen LogP contribution is 2.39. The quantitative estimate of drug-likeness (QED) is 0.232. The molecule has 0 aromatic rings. The Balaban J connectivity index is 3.52. The van der Waals surface area contributed by atoms with Gasteiger partial charge >= 0.3 is 23.9 Å². The number of nitrogens with one attached hydrogen (secondary N) is 1. The number of ether oxygens (including phenoxy) is 5. The van der Waals surface area contributed by atoms with Gasteiger partial charge in [0.05, 0.1) is 0 Å². The summed E-state index contributed by atoms with van der Waals surface area (Å²) in [6, 6.07) is 0. The van der Waals surface area contributed by atoms with E-state index in [1.807, 2.05) is 0 Å². The van der Waals surface area contributed by atoms with Gasteiger partial charge in [-0.1, -0.05) is 23.2 Å². The molecule has 0 saturated carbocycles. The molecule has 30 heavy (non-hydrogen) atoms. The molecule has 1 rings (SSSR count). The van der Waals surface area contributed by atoms with Gasteiger partial charge in [-0.25, -0.2) is 0 Å². The highest BCUT2D eigenvalue weighted by molar-refractivity contribution is 6.59. The van der Waals surface area contributed by atoms with Crippen LogP contribution in [-0.2, 0) is 47.7 Å². The zero-order valence-corrected chi connectivity index (χ0v) is 18.6. The van der Waals surface area contributed by atoms with Gasteiger partial charge in [-0.05, 0) is 0 Å². The Morgan fingerprint density at radius 3 is 1.73 bits per heavy atom. The molecule has 0 aromatic carbocycles. The largest absolute Gasteiger partial charge is 0.463 e. The first-order valence-electron chi connectivity index (χ1n) is 8.40. The molecule has 0 aliphatic carbocycles. The Bertz CT molecular complexity index is 701. The van der Waals surface area contributed by atoms with Gasteiger partial charge in [0.15, 0.2) is 18.3 Å². The first-order valence-corrected chi connectivity index (χ1v) is 9.54. The third kappa shape index (κ3) is 6.86. The van der Waals surface area contributed by atoms with Crippen molar-refractivity contribution in [2.75, 3.05) is 6.61 Å². The first-order chi connectivity index (χ1) is 13.8. The summed E-state index contributed by atoms with van der Waals surface area (Å²) in [5, 5.41) is 0. The maximum atomic E-state index is 12.1. The summed E-state index contributed by atoms with van der Waals surface area (Å²) >= 11 is 17.6. The van der Waals surface area contributed by atoms with Crippen molar-refractivity contribution in [1.29, 1.82) is 0 Å². The number of alkyl halides is 2. The van der Waals surface area contributed by atoms with Crippen molar-refractivity contribution in [1.82, 2.24) is 4.84 Å². The fourth-order valence-electron chi connectivity index (χ4n) is 2.71. The van der Waals surface area contributed by atoms with E-state index in [1.165, 1.54) is 0 Å². The fourth-order valence-corrected chi connectivity index (χ4v) is 3.40. The second-order valence-corrected chi connectivity index (χ2v) is 7.74. The summed E-state index contributed by atoms with van der Waals surface area (Å²) in [5.41, 5.74) is 0. The molecule has 1 amide bonds. The Morgan fingerprint density at radius 2 is 1.30 bits per heavy atom. The molecule has 0 spiro atoms. The molecule has 5 atom stereocenters. The van der Waals surface area contributed by atoms with Crippen LogP contribution in [0.25, 0.3) is 0 Å². The van der Waals surface area contributed by atoms with E-state index in [9.17, 15) is 24.0 Å². The number of esters is 4. The molecule has 0 radical (unpaired) electrons. The predicted molar refractivity (Wildman–Crippen MR) is 100 cm³/mol. The summed E-state index contributed by atoms with van der Waals surface area (Å²) in [5.74, 6) is -4.38. The SMILES string of the molecule is CC(=O)OC[C@H]1OC(C(Cl)(Cl)C(=O)NCl)[C@H](OC(C)=O)[C@@H](OC(C)=O)[C@H]1OC(C)=O. The van der Waals surface area contributed by atoms with Crippen LogP contribution in [0.3, 0.4) is 0 Å². The van der Waals surface area contributed by atoms with Gasteiger partial charge in [-0.15, -0.1) is 0 Å². The van der Waals surface area contributed by atoms with Crippen LogP contribution in [0.1, 0.15) is 27.7 Å². The van der Waals surface area contributed by atoms with Crippen molar-refractivity contribution in [3.8, 4) is 0 Å². The van der Waals surface area contributed by atoms with Gasteiger partial charge in [-0.3, -0.25) is 28.8 Å². The molecular weight excluding hydrogens is 473 g/mol. The first kappa shape index (κ1) is 26.2. The molecule has 1 saturated heterocycles. The van der Waals surface area contributed by atoms with Crippen LogP contribution in [0.4, 0.5) is 0 Å². The van der Waals surface area contributed by atoms with E-state index in [-0.39, 0.29) is 0 Å². The van der Waals surface area contributed by atoms with E-state index in [2.05, 4.69) is 0 Å². The van der Waals surface area contributed by atoms with Crippen molar-refractivity contribution in [3.05, 3.63) is 0 Å². The zero-order valence-electron chi connectivity index (χ0n) is 16.3. The number of amides is 1. The van der Waals surface area contributed by atoms with Crippen molar-refractivity contribution < 1.29 is 47.7 Å². The van der Waals surface area contributed by atoms with Crippen LogP contribution in [0, 0.1) is 0 Å². The predicted octanol–water partition coefficient (Wildman–Crippen LogP) is 0.556. The molecule has 14 heteroatoms. The second-order valence-electron chi connectivity index (χ2n) is 6.17. The summed E-state index contributed by atoms with van der Waals surface area (Å²) in [7, 11) is 0. The van der Waals surface area contributed by atoms with E-state index < -0.39 is 71.2 Å². The van der Waals surface area contributed by atoms with Crippen LogP contribution in [-0.4, -0.2) is 71.2 Å². The summed E-state index contributed by atoms with van der Waals surface area (Å²) < 4.78 is 23.6. The minimum absolute atomic E-state index is 0.499. The molecule has 11 nitrogen and oxygen atoms in total. The van der Waals surface area contributed by atoms with Crippen molar-refractivity contribution >= 4 is 64.8 Å². The number of carbonyl (C=O) groups is 5. The normalized spacial score (nSPS) is 26.2. The molecule has 0 bridgehead atoms. The number of hydrogen-bond donors (Lipinski definition) is 1. The van der Waals surface area contributed by atoms with Gasteiger partial charge < -0.3 is 23.7 Å². The number of carbonyl (C=O) groups excluding carboxylic acids is 5. The lowest BCUT2D eigenvalue weighted by molar-refractivity contribution is -0.253. The topological polar surface area (TPSA) is 144 Å². The molecular formula is C16H20Cl3NO10.